The van der Waals surface area contributed by atoms with Crippen molar-refractivity contribution in [2.75, 3.05) is 0 Å². The minimum atomic E-state index is -0.517. The van der Waals surface area contributed by atoms with Gasteiger partial charge in [-0.1, -0.05) is 71.4 Å². The van der Waals surface area contributed by atoms with Gasteiger partial charge in [0.15, 0.2) is 11.5 Å². The molecule has 0 saturated carbocycles. The Hall–Kier alpha value is -3.66. The van der Waals surface area contributed by atoms with E-state index in [4.69, 9.17) is 9.25 Å². The largest absolute Gasteiger partial charge is 0.454 e. The molecule has 0 aliphatic carbocycles. The summed E-state index contributed by atoms with van der Waals surface area (Å²) in [5.74, 6) is 0.0252. The number of carbonyl (C=O) groups excluding carboxylic acids is 1. The minimum absolute atomic E-state index is 0.439. The van der Waals surface area contributed by atoms with Gasteiger partial charge in [0.05, 0.1) is 5.56 Å². The summed E-state index contributed by atoms with van der Waals surface area (Å²) in [6, 6.07) is 26.2. The van der Waals surface area contributed by atoms with Crippen molar-refractivity contribution < 1.29 is 14.0 Å². The molecule has 4 rings (SSSR count). The number of furan rings is 1. The Morgan fingerprint density at radius 3 is 2.30 bits per heavy atom. The van der Waals surface area contributed by atoms with E-state index in [2.05, 4.69) is 5.16 Å². The standard InChI is InChI=1S/C23H17NO3/c1-16-11-13-17(14-12-16)22(21-15-19-9-5-6-10-20(19)26-21)24-27-23(25)18-7-3-2-4-8-18/h2-15H,1H3/b24-22+. The zero-order valence-electron chi connectivity index (χ0n) is 14.8. The Morgan fingerprint density at radius 2 is 1.56 bits per heavy atom. The molecule has 27 heavy (non-hydrogen) atoms. The van der Waals surface area contributed by atoms with Gasteiger partial charge in [0.1, 0.15) is 5.58 Å². The van der Waals surface area contributed by atoms with Gasteiger partial charge < -0.3 is 9.25 Å². The number of nitrogens with zero attached hydrogens (tertiary/aromatic N) is 1. The Labute approximate surface area is 156 Å². The van der Waals surface area contributed by atoms with Gasteiger partial charge in [-0.2, -0.15) is 0 Å². The Balaban J connectivity index is 1.73. The third kappa shape index (κ3) is 3.65. The van der Waals surface area contributed by atoms with Crippen LogP contribution in [0.3, 0.4) is 0 Å². The highest BCUT2D eigenvalue weighted by atomic mass is 16.7. The first-order chi connectivity index (χ1) is 13.2. The van der Waals surface area contributed by atoms with Gasteiger partial charge in [0.25, 0.3) is 0 Å². The van der Waals surface area contributed by atoms with E-state index < -0.39 is 5.97 Å². The molecule has 0 radical (unpaired) electrons. The Morgan fingerprint density at radius 1 is 0.852 bits per heavy atom. The SMILES string of the molecule is Cc1ccc(/C(=N\OC(=O)c2ccccc2)c2cc3ccccc3o2)cc1. The second kappa shape index (κ2) is 7.30. The van der Waals surface area contributed by atoms with E-state index in [0.29, 0.717) is 17.0 Å². The molecule has 0 bridgehead atoms. The van der Waals surface area contributed by atoms with Crippen molar-refractivity contribution in [2.24, 2.45) is 5.16 Å². The van der Waals surface area contributed by atoms with Crippen LogP contribution in [0.1, 0.15) is 27.2 Å². The van der Waals surface area contributed by atoms with Crippen LogP contribution in [0.25, 0.3) is 11.0 Å². The maximum Gasteiger partial charge on any atom is 0.365 e. The molecule has 0 unspecified atom stereocenters. The molecule has 0 spiro atoms. The number of oxime groups is 1. The van der Waals surface area contributed by atoms with Gasteiger partial charge in [-0.25, -0.2) is 4.79 Å². The van der Waals surface area contributed by atoms with E-state index in [9.17, 15) is 4.79 Å². The maximum absolute atomic E-state index is 12.3. The predicted molar refractivity (Wildman–Crippen MR) is 105 cm³/mol. The van der Waals surface area contributed by atoms with Crippen molar-refractivity contribution in [2.45, 2.75) is 6.92 Å². The lowest BCUT2D eigenvalue weighted by atomic mass is 10.1. The molecule has 0 aliphatic heterocycles. The number of aryl methyl sites for hydroxylation is 1. The first-order valence-corrected chi connectivity index (χ1v) is 8.61. The molecule has 0 aliphatic rings. The number of rotatable bonds is 4. The molecule has 0 fully saturated rings. The minimum Gasteiger partial charge on any atom is -0.454 e. The highest BCUT2D eigenvalue weighted by Crippen LogP contribution is 2.22. The molecule has 1 aromatic heterocycles. The van der Waals surface area contributed by atoms with E-state index in [1.165, 1.54) is 0 Å². The second-order valence-corrected chi connectivity index (χ2v) is 6.20. The highest BCUT2D eigenvalue weighted by Gasteiger charge is 2.15. The first kappa shape index (κ1) is 16.8. The van der Waals surface area contributed by atoms with E-state index >= 15 is 0 Å². The molecule has 4 aromatic rings. The molecule has 0 N–H and O–H groups in total. The molecular weight excluding hydrogens is 338 g/mol. The van der Waals surface area contributed by atoms with Crippen LogP contribution < -0.4 is 0 Å². The summed E-state index contributed by atoms with van der Waals surface area (Å²) in [5.41, 5.74) is 3.59. The van der Waals surface area contributed by atoms with E-state index in [1.54, 1.807) is 24.3 Å². The van der Waals surface area contributed by atoms with Gasteiger partial charge >= 0.3 is 5.97 Å². The fourth-order valence-corrected chi connectivity index (χ4v) is 2.76. The van der Waals surface area contributed by atoms with Crippen LogP contribution in [0.5, 0.6) is 0 Å². The van der Waals surface area contributed by atoms with Crippen molar-refractivity contribution in [3.05, 3.63) is 107 Å². The second-order valence-electron chi connectivity index (χ2n) is 6.20. The molecule has 3 aromatic carbocycles. The van der Waals surface area contributed by atoms with Crippen LogP contribution in [0.2, 0.25) is 0 Å². The smallest absolute Gasteiger partial charge is 0.365 e. The summed E-state index contributed by atoms with van der Waals surface area (Å²) < 4.78 is 5.93. The summed E-state index contributed by atoms with van der Waals surface area (Å²) in [5, 5.41) is 5.10. The number of fused-ring (bicyclic) bond motifs is 1. The van der Waals surface area contributed by atoms with Crippen molar-refractivity contribution >= 4 is 22.7 Å². The lowest BCUT2D eigenvalue weighted by molar-refractivity contribution is 0.0516. The topological polar surface area (TPSA) is 51.8 Å². The van der Waals surface area contributed by atoms with Crippen LogP contribution >= 0.6 is 0 Å². The molecule has 4 nitrogen and oxygen atoms in total. The van der Waals surface area contributed by atoms with Gasteiger partial charge in [-0.3, -0.25) is 0 Å². The van der Waals surface area contributed by atoms with Crippen molar-refractivity contribution in [3.8, 4) is 0 Å². The van der Waals surface area contributed by atoms with Crippen LogP contribution in [0.15, 0.2) is 94.5 Å². The summed E-state index contributed by atoms with van der Waals surface area (Å²) in [6.07, 6.45) is 0. The van der Waals surface area contributed by atoms with E-state index in [0.717, 1.165) is 22.1 Å². The molecule has 4 heteroatoms. The van der Waals surface area contributed by atoms with Crippen LogP contribution in [0, 0.1) is 6.92 Å². The molecular formula is C23H17NO3. The number of carbonyl (C=O) groups is 1. The van der Waals surface area contributed by atoms with Crippen LogP contribution in [0.4, 0.5) is 0 Å². The number of hydrogen-bond acceptors (Lipinski definition) is 4. The number of hydrogen-bond donors (Lipinski definition) is 0. The fraction of sp³-hybridized carbons (Fsp3) is 0.0435. The summed E-state index contributed by atoms with van der Waals surface area (Å²) in [4.78, 5) is 17.5. The third-order valence-electron chi connectivity index (χ3n) is 4.21. The summed E-state index contributed by atoms with van der Waals surface area (Å²) in [7, 11) is 0. The average molecular weight is 355 g/mol. The normalized spacial score (nSPS) is 11.5. The zero-order valence-corrected chi connectivity index (χ0v) is 14.8. The monoisotopic (exact) mass is 355 g/mol. The van der Waals surface area contributed by atoms with Gasteiger partial charge in [0.2, 0.25) is 0 Å². The molecule has 132 valence electrons. The predicted octanol–water partition coefficient (Wildman–Crippen LogP) is 5.35. The van der Waals surface area contributed by atoms with E-state index in [1.807, 2.05) is 67.6 Å². The first-order valence-electron chi connectivity index (χ1n) is 8.61. The quantitative estimate of drug-likeness (QED) is 0.282. The molecule has 0 atom stereocenters. The van der Waals surface area contributed by atoms with Crippen molar-refractivity contribution in [1.82, 2.24) is 0 Å². The third-order valence-corrected chi connectivity index (χ3v) is 4.21. The van der Waals surface area contributed by atoms with Gasteiger partial charge in [0, 0.05) is 10.9 Å². The zero-order chi connectivity index (χ0) is 18.6. The maximum atomic E-state index is 12.3. The molecule has 1 heterocycles. The van der Waals surface area contributed by atoms with Crippen LogP contribution in [-0.4, -0.2) is 11.7 Å². The lowest BCUT2D eigenvalue weighted by Gasteiger charge is -2.05. The van der Waals surface area contributed by atoms with E-state index in [-0.39, 0.29) is 0 Å². The van der Waals surface area contributed by atoms with Crippen molar-refractivity contribution in [1.29, 1.82) is 0 Å². The van der Waals surface area contributed by atoms with Crippen molar-refractivity contribution in [3.63, 3.8) is 0 Å². The van der Waals surface area contributed by atoms with Crippen LogP contribution in [-0.2, 0) is 4.84 Å². The average Bonchev–Trinajstić information content (AvgIpc) is 3.14. The number of benzene rings is 3. The fourth-order valence-electron chi connectivity index (χ4n) is 2.76. The Bertz CT molecular complexity index is 1080. The lowest BCUT2D eigenvalue weighted by Crippen LogP contribution is -2.07. The Kier molecular flexibility index (Phi) is 4.54. The van der Waals surface area contributed by atoms with Gasteiger partial charge in [-0.15, -0.1) is 0 Å². The highest BCUT2D eigenvalue weighted by molar-refractivity contribution is 6.12. The van der Waals surface area contributed by atoms with Gasteiger partial charge in [-0.05, 0) is 31.2 Å². The molecule has 0 amide bonds. The number of para-hydroxylation sites is 1. The summed E-state index contributed by atoms with van der Waals surface area (Å²) in [6.45, 7) is 2.01. The summed E-state index contributed by atoms with van der Waals surface area (Å²) >= 11 is 0. The molecule has 0 saturated heterocycles.